The van der Waals surface area contributed by atoms with Gasteiger partial charge in [-0.1, -0.05) is 30.3 Å². The van der Waals surface area contributed by atoms with Crippen molar-refractivity contribution in [2.75, 3.05) is 40.8 Å². The van der Waals surface area contributed by atoms with E-state index < -0.39 is 0 Å². The summed E-state index contributed by atoms with van der Waals surface area (Å²) in [6.45, 7) is 1.92. The van der Waals surface area contributed by atoms with Crippen molar-refractivity contribution in [1.29, 1.82) is 0 Å². The van der Waals surface area contributed by atoms with Crippen LogP contribution in [0.25, 0.3) is 0 Å². The highest BCUT2D eigenvalue weighted by atomic mass is 16.2. The first-order chi connectivity index (χ1) is 10.5. The normalized spacial score (nSPS) is 19.0. The number of hydrogen-bond donors (Lipinski definition) is 0. The summed E-state index contributed by atoms with van der Waals surface area (Å²) in [4.78, 5) is 30.1. The van der Waals surface area contributed by atoms with Gasteiger partial charge in [-0.3, -0.25) is 14.5 Å². The summed E-state index contributed by atoms with van der Waals surface area (Å²) in [5.41, 5.74) is 1.17. The Balaban J connectivity index is 1.91. The van der Waals surface area contributed by atoms with E-state index in [1.54, 1.807) is 19.0 Å². The maximum Gasteiger partial charge on any atom is 0.241 e. The fourth-order valence-electron chi connectivity index (χ4n) is 2.72. The van der Waals surface area contributed by atoms with Crippen LogP contribution in [0.3, 0.4) is 0 Å². The second kappa shape index (κ2) is 7.40. The van der Waals surface area contributed by atoms with Crippen LogP contribution >= 0.6 is 0 Å². The second-order valence-electron chi connectivity index (χ2n) is 6.05. The molecule has 1 aromatic carbocycles. The van der Waals surface area contributed by atoms with Crippen LogP contribution in [0.1, 0.15) is 12.0 Å². The minimum absolute atomic E-state index is 0.0584. The third-order valence-electron chi connectivity index (χ3n) is 4.20. The average Bonchev–Trinajstić information content (AvgIpc) is 2.53. The van der Waals surface area contributed by atoms with Gasteiger partial charge in [0.1, 0.15) is 6.04 Å². The molecule has 0 radical (unpaired) electrons. The highest BCUT2D eigenvalue weighted by molar-refractivity contribution is 5.83. The average molecular weight is 303 g/mol. The lowest BCUT2D eigenvalue weighted by Crippen LogP contribution is -2.58. The van der Waals surface area contributed by atoms with Gasteiger partial charge in [-0.25, -0.2) is 0 Å². The van der Waals surface area contributed by atoms with Crippen molar-refractivity contribution in [3.8, 4) is 0 Å². The summed E-state index contributed by atoms with van der Waals surface area (Å²) in [6, 6.07) is 9.79. The largest absolute Gasteiger partial charge is 0.347 e. The Kier molecular flexibility index (Phi) is 5.55. The maximum absolute atomic E-state index is 12.4. The standard InChI is InChI=1S/C17H25N3O2/c1-18(2)17(22)15-13-20(12-11-19(15)3)16(21)10-9-14-7-5-4-6-8-14/h4-8,15H,9-13H2,1-3H3. The second-order valence-corrected chi connectivity index (χ2v) is 6.05. The first-order valence-corrected chi connectivity index (χ1v) is 7.72. The number of aryl methyl sites for hydroxylation is 1. The van der Waals surface area contributed by atoms with Crippen molar-refractivity contribution in [2.24, 2.45) is 0 Å². The first kappa shape index (κ1) is 16.5. The highest BCUT2D eigenvalue weighted by Gasteiger charge is 2.32. The molecule has 5 heteroatoms. The molecule has 1 saturated heterocycles. The van der Waals surface area contributed by atoms with Crippen LogP contribution in [0.5, 0.6) is 0 Å². The Bertz CT molecular complexity index is 516. The van der Waals surface area contributed by atoms with Gasteiger partial charge in [-0.2, -0.15) is 0 Å². The summed E-state index contributed by atoms with van der Waals surface area (Å²) < 4.78 is 0. The van der Waals surface area contributed by atoms with Crippen molar-refractivity contribution in [1.82, 2.24) is 14.7 Å². The Morgan fingerprint density at radius 3 is 2.50 bits per heavy atom. The summed E-state index contributed by atoms with van der Waals surface area (Å²) in [7, 11) is 5.45. The molecule has 1 heterocycles. The molecule has 0 spiro atoms. The molecule has 1 aliphatic rings. The van der Waals surface area contributed by atoms with Gasteiger partial charge in [0.15, 0.2) is 0 Å². The van der Waals surface area contributed by atoms with Gasteiger partial charge in [0.2, 0.25) is 11.8 Å². The molecule has 2 rings (SSSR count). The zero-order valence-corrected chi connectivity index (χ0v) is 13.7. The van der Waals surface area contributed by atoms with Gasteiger partial charge in [-0.05, 0) is 19.0 Å². The highest BCUT2D eigenvalue weighted by Crippen LogP contribution is 2.12. The molecule has 5 nitrogen and oxygen atoms in total. The summed E-state index contributed by atoms with van der Waals surface area (Å²) in [5, 5.41) is 0. The molecule has 0 bridgehead atoms. The monoisotopic (exact) mass is 303 g/mol. The van der Waals surface area contributed by atoms with E-state index in [1.165, 1.54) is 5.56 Å². The van der Waals surface area contributed by atoms with E-state index in [4.69, 9.17) is 0 Å². The molecule has 1 unspecified atom stereocenters. The van der Waals surface area contributed by atoms with Gasteiger partial charge in [-0.15, -0.1) is 0 Å². The van der Waals surface area contributed by atoms with E-state index >= 15 is 0 Å². The van der Waals surface area contributed by atoms with Gasteiger partial charge >= 0.3 is 0 Å². The zero-order valence-electron chi connectivity index (χ0n) is 13.7. The quantitative estimate of drug-likeness (QED) is 0.828. The molecule has 22 heavy (non-hydrogen) atoms. The van der Waals surface area contributed by atoms with E-state index in [-0.39, 0.29) is 17.9 Å². The molecule has 0 saturated carbocycles. The summed E-state index contributed by atoms with van der Waals surface area (Å²) in [5.74, 6) is 0.191. The Morgan fingerprint density at radius 2 is 1.86 bits per heavy atom. The Labute approximate surface area is 132 Å². The first-order valence-electron chi connectivity index (χ1n) is 7.72. The molecule has 1 aliphatic heterocycles. The molecule has 0 N–H and O–H groups in total. The van der Waals surface area contributed by atoms with E-state index in [2.05, 4.69) is 0 Å². The van der Waals surface area contributed by atoms with Crippen molar-refractivity contribution in [2.45, 2.75) is 18.9 Å². The van der Waals surface area contributed by atoms with Crippen LogP contribution in [0, 0.1) is 0 Å². The third kappa shape index (κ3) is 4.07. The molecule has 2 amide bonds. The minimum atomic E-state index is -0.232. The molecule has 120 valence electrons. The molecule has 0 aromatic heterocycles. The fourth-order valence-corrected chi connectivity index (χ4v) is 2.72. The van der Waals surface area contributed by atoms with E-state index in [0.717, 1.165) is 13.0 Å². The van der Waals surface area contributed by atoms with Crippen LogP contribution in [-0.2, 0) is 16.0 Å². The summed E-state index contributed by atoms with van der Waals surface area (Å²) >= 11 is 0. The lowest BCUT2D eigenvalue weighted by molar-refractivity contribution is -0.141. The SMILES string of the molecule is CN(C)C(=O)C1CN(C(=O)CCc2ccccc2)CCN1C. The van der Waals surface area contributed by atoms with Gasteiger partial charge in [0.25, 0.3) is 0 Å². The number of benzene rings is 1. The lowest BCUT2D eigenvalue weighted by atomic mass is 10.1. The number of carbonyl (C=O) groups is 2. The van der Waals surface area contributed by atoms with E-state index in [9.17, 15) is 9.59 Å². The van der Waals surface area contributed by atoms with Crippen molar-refractivity contribution >= 4 is 11.8 Å². The van der Waals surface area contributed by atoms with Crippen LogP contribution in [0.15, 0.2) is 30.3 Å². The number of likely N-dealkylation sites (N-methyl/N-ethyl adjacent to an activating group) is 2. The van der Waals surface area contributed by atoms with Crippen LogP contribution < -0.4 is 0 Å². The molecule has 1 aromatic rings. The number of rotatable bonds is 4. The molecular weight excluding hydrogens is 278 g/mol. The van der Waals surface area contributed by atoms with Crippen LogP contribution in [0.2, 0.25) is 0 Å². The molecule has 0 aliphatic carbocycles. The Morgan fingerprint density at radius 1 is 1.18 bits per heavy atom. The van der Waals surface area contributed by atoms with Gasteiger partial charge in [0.05, 0.1) is 0 Å². The number of amides is 2. The van der Waals surface area contributed by atoms with E-state index in [0.29, 0.717) is 19.5 Å². The molecule has 1 atom stereocenters. The number of carbonyl (C=O) groups excluding carboxylic acids is 2. The minimum Gasteiger partial charge on any atom is -0.347 e. The Hall–Kier alpha value is -1.88. The number of nitrogens with zero attached hydrogens (tertiary/aromatic N) is 3. The third-order valence-corrected chi connectivity index (χ3v) is 4.20. The van der Waals surface area contributed by atoms with Crippen LogP contribution in [0.4, 0.5) is 0 Å². The smallest absolute Gasteiger partial charge is 0.241 e. The van der Waals surface area contributed by atoms with E-state index in [1.807, 2.05) is 47.2 Å². The predicted molar refractivity (Wildman–Crippen MR) is 86.5 cm³/mol. The number of piperazine rings is 1. The van der Waals surface area contributed by atoms with Crippen molar-refractivity contribution in [3.63, 3.8) is 0 Å². The van der Waals surface area contributed by atoms with Gasteiger partial charge in [0, 0.05) is 40.2 Å². The van der Waals surface area contributed by atoms with Crippen molar-refractivity contribution in [3.05, 3.63) is 35.9 Å². The molecule has 1 fully saturated rings. The van der Waals surface area contributed by atoms with Gasteiger partial charge < -0.3 is 9.80 Å². The number of hydrogen-bond acceptors (Lipinski definition) is 3. The lowest BCUT2D eigenvalue weighted by Gasteiger charge is -2.39. The van der Waals surface area contributed by atoms with Crippen molar-refractivity contribution < 1.29 is 9.59 Å². The zero-order chi connectivity index (χ0) is 16.1. The maximum atomic E-state index is 12.4. The fraction of sp³-hybridized carbons (Fsp3) is 0.529. The predicted octanol–water partition coefficient (Wildman–Crippen LogP) is 0.850. The van der Waals surface area contributed by atoms with Crippen LogP contribution in [-0.4, -0.2) is 73.3 Å². The summed E-state index contributed by atoms with van der Waals surface area (Å²) in [6.07, 6.45) is 1.24. The topological polar surface area (TPSA) is 43.9 Å². The molecular formula is C17H25N3O2.